The third-order valence-corrected chi connectivity index (χ3v) is 4.31. The van der Waals surface area contributed by atoms with Crippen molar-refractivity contribution < 1.29 is 18.6 Å². The van der Waals surface area contributed by atoms with Crippen molar-refractivity contribution in [3.8, 4) is 11.5 Å². The van der Waals surface area contributed by atoms with Gasteiger partial charge in [0.05, 0.1) is 10.6 Å². The fraction of sp³-hybridized carbons (Fsp3) is 0.143. The minimum Gasteiger partial charge on any atom is -0.504 e. The Labute approximate surface area is 128 Å². The highest BCUT2D eigenvalue weighted by molar-refractivity contribution is 7.89. The van der Waals surface area contributed by atoms with E-state index in [9.17, 15) is 18.6 Å². The molecule has 0 amide bonds. The molecule has 0 unspecified atom stereocenters. The van der Waals surface area contributed by atoms with Crippen molar-refractivity contribution in [2.75, 3.05) is 6.54 Å². The summed E-state index contributed by atoms with van der Waals surface area (Å²) in [6.07, 6.45) is 0. The Bertz CT molecular complexity index is 786. The summed E-state index contributed by atoms with van der Waals surface area (Å²) < 4.78 is 25.9. The summed E-state index contributed by atoms with van der Waals surface area (Å²) >= 11 is 0. The van der Waals surface area contributed by atoms with Gasteiger partial charge in [-0.25, -0.2) is 13.1 Å². The van der Waals surface area contributed by atoms with Gasteiger partial charge in [-0.05, 0) is 36.4 Å². The van der Waals surface area contributed by atoms with Gasteiger partial charge in [-0.3, -0.25) is 0 Å². The smallest absolute Gasteiger partial charge is 0.240 e. The summed E-state index contributed by atoms with van der Waals surface area (Å²) in [5.74, 6) is -0.652. The van der Waals surface area contributed by atoms with Crippen LogP contribution in [0.1, 0.15) is 6.92 Å². The number of azo groups is 1. The van der Waals surface area contributed by atoms with E-state index in [2.05, 4.69) is 15.0 Å². The van der Waals surface area contributed by atoms with E-state index in [1.807, 2.05) is 0 Å². The minimum atomic E-state index is -3.50. The quantitative estimate of drug-likeness (QED) is 0.580. The van der Waals surface area contributed by atoms with Gasteiger partial charge < -0.3 is 10.2 Å². The number of benzene rings is 2. The van der Waals surface area contributed by atoms with Crippen LogP contribution < -0.4 is 4.72 Å². The summed E-state index contributed by atoms with van der Waals surface area (Å²) in [5.41, 5.74) is 0.530. The predicted octanol–water partition coefficient (Wildman–Crippen LogP) is 2.81. The normalized spacial score (nSPS) is 11.9. The molecule has 0 saturated heterocycles. The highest BCUT2D eigenvalue weighted by Gasteiger charge is 2.11. The lowest BCUT2D eigenvalue weighted by molar-refractivity contribution is 0.404. The Morgan fingerprint density at radius 1 is 1.05 bits per heavy atom. The van der Waals surface area contributed by atoms with Crippen LogP contribution in [-0.2, 0) is 10.0 Å². The molecule has 3 N–H and O–H groups in total. The topological polar surface area (TPSA) is 111 Å². The maximum atomic E-state index is 11.8. The van der Waals surface area contributed by atoms with Crippen molar-refractivity contribution in [1.29, 1.82) is 0 Å². The predicted molar refractivity (Wildman–Crippen MR) is 81.3 cm³/mol. The van der Waals surface area contributed by atoms with Gasteiger partial charge in [0, 0.05) is 6.54 Å². The molecule has 0 spiro atoms. The first kappa shape index (κ1) is 15.9. The summed E-state index contributed by atoms with van der Waals surface area (Å²) in [5, 5.41) is 26.6. The van der Waals surface area contributed by atoms with E-state index >= 15 is 0 Å². The number of phenols is 2. The molecule has 116 valence electrons. The van der Waals surface area contributed by atoms with E-state index in [1.54, 1.807) is 6.92 Å². The second-order valence-electron chi connectivity index (χ2n) is 4.34. The molecule has 2 rings (SSSR count). The lowest BCUT2D eigenvalue weighted by Crippen LogP contribution is -2.22. The molecule has 0 bridgehead atoms. The molecule has 8 heteroatoms. The zero-order chi connectivity index (χ0) is 16.2. The Kier molecular flexibility index (Phi) is 4.74. The van der Waals surface area contributed by atoms with Crippen LogP contribution in [0, 0.1) is 0 Å². The van der Waals surface area contributed by atoms with Crippen LogP contribution in [0.4, 0.5) is 11.4 Å². The largest absolute Gasteiger partial charge is 0.504 e. The number of sulfonamides is 1. The number of rotatable bonds is 5. The van der Waals surface area contributed by atoms with Crippen LogP contribution >= 0.6 is 0 Å². The second-order valence-corrected chi connectivity index (χ2v) is 6.11. The first-order valence-corrected chi connectivity index (χ1v) is 7.95. The molecule has 0 radical (unpaired) electrons. The zero-order valence-electron chi connectivity index (χ0n) is 11.8. The molecular weight excluding hydrogens is 306 g/mol. The highest BCUT2D eigenvalue weighted by atomic mass is 32.2. The third-order valence-electron chi connectivity index (χ3n) is 2.75. The Hall–Kier alpha value is -2.45. The number of nitrogens with one attached hydrogen (secondary N) is 1. The first-order chi connectivity index (χ1) is 10.4. The molecule has 7 nitrogen and oxygen atoms in total. The van der Waals surface area contributed by atoms with Gasteiger partial charge in [-0.1, -0.05) is 13.0 Å². The minimum absolute atomic E-state index is 0.115. The molecule has 0 aromatic heterocycles. The van der Waals surface area contributed by atoms with Crippen molar-refractivity contribution >= 4 is 21.4 Å². The molecule has 2 aromatic carbocycles. The summed E-state index contributed by atoms with van der Waals surface area (Å²) in [7, 11) is -3.50. The fourth-order valence-electron chi connectivity index (χ4n) is 1.68. The van der Waals surface area contributed by atoms with Crippen LogP contribution in [0.5, 0.6) is 11.5 Å². The average molecular weight is 321 g/mol. The van der Waals surface area contributed by atoms with Crippen LogP contribution in [-0.4, -0.2) is 25.2 Å². The lowest BCUT2D eigenvalue weighted by atomic mass is 10.3. The Balaban J connectivity index is 2.21. The van der Waals surface area contributed by atoms with Crippen molar-refractivity contribution in [3.63, 3.8) is 0 Å². The fourth-order valence-corrected chi connectivity index (χ4v) is 2.72. The van der Waals surface area contributed by atoms with Crippen molar-refractivity contribution in [2.24, 2.45) is 10.2 Å². The average Bonchev–Trinajstić information content (AvgIpc) is 2.49. The summed E-state index contributed by atoms with van der Waals surface area (Å²) in [6.45, 7) is 2.00. The van der Waals surface area contributed by atoms with Gasteiger partial charge in [0.15, 0.2) is 11.5 Å². The third kappa shape index (κ3) is 3.60. The van der Waals surface area contributed by atoms with Crippen LogP contribution in [0.15, 0.2) is 57.6 Å². The lowest BCUT2D eigenvalue weighted by Gasteiger charge is -2.04. The highest BCUT2D eigenvalue weighted by Crippen LogP contribution is 2.35. The van der Waals surface area contributed by atoms with E-state index in [0.29, 0.717) is 12.2 Å². The SMILES string of the molecule is CCNS(=O)(=O)c1ccc(N=Nc2cccc(O)c2O)cc1. The summed E-state index contributed by atoms with van der Waals surface area (Å²) in [6, 6.07) is 10.2. The molecular formula is C14H15N3O4S. The van der Waals surface area contributed by atoms with E-state index in [4.69, 9.17) is 0 Å². The first-order valence-electron chi connectivity index (χ1n) is 6.46. The number of para-hydroxylation sites is 1. The molecule has 0 fully saturated rings. The standard InChI is InChI=1S/C14H15N3O4S/c1-2-15-22(20,21)11-8-6-10(7-9-11)16-17-12-4-3-5-13(18)14(12)19/h3-9,15,18-19H,2H2,1H3. The van der Waals surface area contributed by atoms with Crippen LogP contribution in [0.25, 0.3) is 0 Å². The zero-order valence-corrected chi connectivity index (χ0v) is 12.6. The van der Waals surface area contributed by atoms with Gasteiger partial charge in [-0.15, -0.1) is 5.11 Å². The number of hydrogen-bond donors (Lipinski definition) is 3. The maximum absolute atomic E-state index is 11.8. The number of phenolic OH excluding ortho intramolecular Hbond substituents is 2. The molecule has 0 saturated carbocycles. The van der Waals surface area contributed by atoms with Crippen LogP contribution in [0.3, 0.4) is 0 Å². The van der Waals surface area contributed by atoms with Crippen molar-refractivity contribution in [1.82, 2.24) is 4.72 Å². The monoisotopic (exact) mass is 321 g/mol. The second kappa shape index (κ2) is 6.54. The van der Waals surface area contributed by atoms with E-state index in [0.717, 1.165) is 0 Å². The summed E-state index contributed by atoms with van der Waals surface area (Å²) in [4.78, 5) is 0.133. The van der Waals surface area contributed by atoms with E-state index in [1.165, 1.54) is 42.5 Å². The Morgan fingerprint density at radius 2 is 1.73 bits per heavy atom. The number of aromatic hydroxyl groups is 2. The number of hydrogen-bond acceptors (Lipinski definition) is 6. The van der Waals surface area contributed by atoms with Gasteiger partial charge in [0.2, 0.25) is 10.0 Å². The molecule has 2 aromatic rings. The maximum Gasteiger partial charge on any atom is 0.240 e. The van der Waals surface area contributed by atoms with Crippen molar-refractivity contribution in [2.45, 2.75) is 11.8 Å². The molecule has 0 aliphatic rings. The molecule has 0 atom stereocenters. The number of nitrogens with zero attached hydrogens (tertiary/aromatic N) is 2. The van der Waals surface area contributed by atoms with Gasteiger partial charge in [-0.2, -0.15) is 5.11 Å². The van der Waals surface area contributed by atoms with E-state index < -0.39 is 10.0 Å². The molecule has 22 heavy (non-hydrogen) atoms. The molecule has 0 aliphatic heterocycles. The van der Waals surface area contributed by atoms with E-state index in [-0.39, 0.29) is 22.1 Å². The molecule has 0 heterocycles. The molecule has 0 aliphatic carbocycles. The van der Waals surface area contributed by atoms with Crippen LogP contribution in [0.2, 0.25) is 0 Å². The van der Waals surface area contributed by atoms with Gasteiger partial charge >= 0.3 is 0 Å². The van der Waals surface area contributed by atoms with Gasteiger partial charge in [0.25, 0.3) is 0 Å². The van der Waals surface area contributed by atoms with Crippen molar-refractivity contribution in [3.05, 3.63) is 42.5 Å². The Morgan fingerprint density at radius 3 is 2.36 bits per heavy atom. The van der Waals surface area contributed by atoms with Gasteiger partial charge in [0.1, 0.15) is 5.69 Å².